The maximum absolute atomic E-state index is 11.4. The Balaban J connectivity index is 2.42. The summed E-state index contributed by atoms with van der Waals surface area (Å²) >= 11 is 7.08. The Hall–Kier alpha value is -0.540. The zero-order chi connectivity index (χ0) is 9.68. The first-order chi connectivity index (χ1) is 6.24. The van der Waals surface area contributed by atoms with Crippen LogP contribution in [0.2, 0.25) is 0 Å². The van der Waals surface area contributed by atoms with E-state index in [4.69, 9.17) is 11.6 Å². The van der Waals surface area contributed by atoms with Gasteiger partial charge in [0.1, 0.15) is 0 Å². The van der Waals surface area contributed by atoms with E-state index in [1.807, 2.05) is 23.8 Å². The van der Waals surface area contributed by atoms with Crippen molar-refractivity contribution in [3.63, 3.8) is 0 Å². The van der Waals surface area contributed by atoms with Crippen molar-refractivity contribution >= 4 is 28.8 Å². The summed E-state index contributed by atoms with van der Waals surface area (Å²) < 4.78 is 0. The zero-order valence-electron chi connectivity index (χ0n) is 7.42. The first-order valence-corrected chi connectivity index (χ1v) is 5.61. The molecule has 4 heteroatoms. The molecule has 0 saturated heterocycles. The normalized spacial score (nSPS) is 12.5. The van der Waals surface area contributed by atoms with Gasteiger partial charge >= 0.3 is 0 Å². The molecular weight excluding hydrogens is 206 g/mol. The molecule has 0 radical (unpaired) electrons. The van der Waals surface area contributed by atoms with Crippen LogP contribution in [0.25, 0.3) is 0 Å². The van der Waals surface area contributed by atoms with E-state index in [-0.39, 0.29) is 11.9 Å². The largest absolute Gasteiger partial charge is 0.350 e. The Morgan fingerprint density at radius 3 is 3.08 bits per heavy atom. The number of amides is 1. The van der Waals surface area contributed by atoms with Gasteiger partial charge in [-0.3, -0.25) is 4.79 Å². The Labute approximate surface area is 86.9 Å². The predicted octanol–water partition coefficient (Wildman–Crippen LogP) is 2.50. The number of carbonyl (C=O) groups is 1. The van der Waals surface area contributed by atoms with Crippen LogP contribution >= 0.6 is 22.9 Å². The molecule has 1 heterocycles. The summed E-state index contributed by atoms with van der Waals surface area (Å²) in [5.41, 5.74) is 0.728. The quantitative estimate of drug-likeness (QED) is 0.772. The molecule has 1 aromatic rings. The molecule has 1 rings (SSSR count). The van der Waals surface area contributed by atoms with Crippen LogP contribution < -0.4 is 5.32 Å². The monoisotopic (exact) mass is 217 g/mol. The number of halogens is 1. The molecule has 0 aliphatic rings. The van der Waals surface area contributed by atoms with Gasteiger partial charge in [-0.2, -0.15) is 11.3 Å². The zero-order valence-corrected chi connectivity index (χ0v) is 8.99. The van der Waals surface area contributed by atoms with Crippen molar-refractivity contribution in [2.45, 2.75) is 19.4 Å². The molecule has 13 heavy (non-hydrogen) atoms. The molecule has 1 amide bonds. The minimum absolute atomic E-state index is 0.0149. The van der Waals surface area contributed by atoms with E-state index in [2.05, 4.69) is 5.32 Å². The number of nitrogens with one attached hydrogen (secondary N) is 1. The van der Waals surface area contributed by atoms with Crippen molar-refractivity contribution in [1.82, 2.24) is 5.32 Å². The van der Waals surface area contributed by atoms with Gasteiger partial charge in [0, 0.05) is 22.9 Å². The third-order valence-electron chi connectivity index (χ3n) is 1.70. The third kappa shape index (κ3) is 3.36. The molecule has 0 fully saturated rings. The molecule has 1 unspecified atom stereocenters. The first-order valence-electron chi connectivity index (χ1n) is 4.13. The first kappa shape index (κ1) is 10.5. The molecule has 1 N–H and O–H groups in total. The number of alkyl halides is 1. The second-order valence-electron chi connectivity index (χ2n) is 2.86. The lowest BCUT2D eigenvalue weighted by Crippen LogP contribution is -2.32. The van der Waals surface area contributed by atoms with Crippen molar-refractivity contribution < 1.29 is 4.79 Å². The minimum Gasteiger partial charge on any atom is -0.350 e. The minimum atomic E-state index is -0.0149. The van der Waals surface area contributed by atoms with Crippen molar-refractivity contribution in [1.29, 1.82) is 0 Å². The lowest BCUT2D eigenvalue weighted by Gasteiger charge is -2.10. The fourth-order valence-electron chi connectivity index (χ4n) is 0.937. The topological polar surface area (TPSA) is 29.1 Å². The van der Waals surface area contributed by atoms with E-state index in [1.165, 1.54) is 11.3 Å². The fourth-order valence-corrected chi connectivity index (χ4v) is 1.90. The van der Waals surface area contributed by atoms with Crippen LogP contribution in [0.1, 0.15) is 23.7 Å². The molecule has 0 aliphatic heterocycles. The van der Waals surface area contributed by atoms with Crippen LogP contribution in [0.3, 0.4) is 0 Å². The molecule has 0 aromatic carbocycles. The molecule has 0 bridgehead atoms. The van der Waals surface area contributed by atoms with E-state index < -0.39 is 0 Å². The number of thiophene rings is 1. The van der Waals surface area contributed by atoms with Crippen LogP contribution in [0.4, 0.5) is 0 Å². The van der Waals surface area contributed by atoms with Gasteiger partial charge in [-0.15, -0.1) is 11.6 Å². The Morgan fingerprint density at radius 1 is 1.77 bits per heavy atom. The van der Waals surface area contributed by atoms with Gasteiger partial charge in [0.25, 0.3) is 5.91 Å². The molecule has 2 nitrogen and oxygen atoms in total. The van der Waals surface area contributed by atoms with Gasteiger partial charge in [0.2, 0.25) is 0 Å². The van der Waals surface area contributed by atoms with Gasteiger partial charge in [-0.1, -0.05) is 0 Å². The highest BCUT2D eigenvalue weighted by molar-refractivity contribution is 7.08. The van der Waals surface area contributed by atoms with Gasteiger partial charge in [-0.25, -0.2) is 0 Å². The average Bonchev–Trinajstić information content (AvgIpc) is 2.55. The van der Waals surface area contributed by atoms with Gasteiger partial charge in [0.05, 0.1) is 0 Å². The van der Waals surface area contributed by atoms with Crippen molar-refractivity contribution in [2.75, 3.05) is 5.88 Å². The summed E-state index contributed by atoms with van der Waals surface area (Å²) in [5, 5.41) is 6.59. The SMILES string of the molecule is CC(CCCl)NC(=O)c1ccsc1. The molecule has 0 saturated carbocycles. The van der Waals surface area contributed by atoms with Gasteiger partial charge < -0.3 is 5.32 Å². The maximum atomic E-state index is 11.4. The van der Waals surface area contributed by atoms with Gasteiger partial charge in [0.15, 0.2) is 0 Å². The van der Waals surface area contributed by atoms with Crippen molar-refractivity contribution in [3.8, 4) is 0 Å². The lowest BCUT2D eigenvalue weighted by atomic mass is 10.2. The molecule has 0 spiro atoms. The highest BCUT2D eigenvalue weighted by atomic mass is 35.5. The Kier molecular flexibility index (Phi) is 4.25. The fraction of sp³-hybridized carbons (Fsp3) is 0.444. The summed E-state index contributed by atoms with van der Waals surface area (Å²) in [6.07, 6.45) is 0.803. The number of hydrogen-bond acceptors (Lipinski definition) is 2. The van der Waals surface area contributed by atoms with Crippen LogP contribution in [-0.2, 0) is 0 Å². The number of hydrogen-bond donors (Lipinski definition) is 1. The summed E-state index contributed by atoms with van der Waals surface area (Å²) in [7, 11) is 0. The number of rotatable bonds is 4. The molecule has 1 atom stereocenters. The average molecular weight is 218 g/mol. The maximum Gasteiger partial charge on any atom is 0.252 e. The van der Waals surface area contributed by atoms with Crippen LogP contribution in [0, 0.1) is 0 Å². The predicted molar refractivity (Wildman–Crippen MR) is 56.6 cm³/mol. The second kappa shape index (κ2) is 5.25. The van der Waals surface area contributed by atoms with E-state index in [1.54, 1.807) is 0 Å². The van der Waals surface area contributed by atoms with E-state index in [0.29, 0.717) is 5.88 Å². The summed E-state index contributed by atoms with van der Waals surface area (Å²) in [5.74, 6) is 0.560. The second-order valence-corrected chi connectivity index (χ2v) is 4.02. The summed E-state index contributed by atoms with van der Waals surface area (Å²) in [4.78, 5) is 11.4. The van der Waals surface area contributed by atoms with Crippen molar-refractivity contribution in [3.05, 3.63) is 22.4 Å². The summed E-state index contributed by atoms with van der Waals surface area (Å²) in [6.45, 7) is 1.95. The Bertz CT molecular complexity index is 261. The molecule has 0 aliphatic carbocycles. The lowest BCUT2D eigenvalue weighted by molar-refractivity contribution is 0.0940. The molecular formula is C9H12ClNOS. The molecule has 1 aromatic heterocycles. The third-order valence-corrected chi connectivity index (χ3v) is 2.60. The van der Waals surface area contributed by atoms with Crippen LogP contribution in [0.5, 0.6) is 0 Å². The highest BCUT2D eigenvalue weighted by Gasteiger charge is 2.08. The van der Waals surface area contributed by atoms with Gasteiger partial charge in [-0.05, 0) is 24.8 Å². The smallest absolute Gasteiger partial charge is 0.252 e. The highest BCUT2D eigenvalue weighted by Crippen LogP contribution is 2.06. The van der Waals surface area contributed by atoms with E-state index in [9.17, 15) is 4.79 Å². The van der Waals surface area contributed by atoms with Crippen LogP contribution in [-0.4, -0.2) is 17.8 Å². The summed E-state index contributed by atoms with van der Waals surface area (Å²) in [6, 6.07) is 1.96. The molecule has 72 valence electrons. The van der Waals surface area contributed by atoms with Crippen molar-refractivity contribution in [2.24, 2.45) is 0 Å². The van der Waals surface area contributed by atoms with E-state index in [0.717, 1.165) is 12.0 Å². The standard InChI is InChI=1S/C9H12ClNOS/c1-7(2-4-10)11-9(12)8-3-5-13-6-8/h3,5-7H,2,4H2,1H3,(H,11,12). The Morgan fingerprint density at radius 2 is 2.54 bits per heavy atom. The van der Waals surface area contributed by atoms with Crippen LogP contribution in [0.15, 0.2) is 16.8 Å². The number of carbonyl (C=O) groups excluding carboxylic acids is 1. The van der Waals surface area contributed by atoms with E-state index >= 15 is 0 Å².